The molecule has 2 heterocycles. The number of hydrogen-bond acceptors (Lipinski definition) is 5. The van der Waals surface area contributed by atoms with Gasteiger partial charge in [-0.3, -0.25) is 0 Å². The first-order valence-electron chi connectivity index (χ1n) is 7.44. The Morgan fingerprint density at radius 3 is 2.67 bits per heavy atom. The maximum absolute atomic E-state index is 13.9. The summed E-state index contributed by atoms with van der Waals surface area (Å²) in [5.41, 5.74) is -1.46. The van der Waals surface area contributed by atoms with Crippen LogP contribution < -0.4 is 4.74 Å². The van der Waals surface area contributed by atoms with Gasteiger partial charge in [-0.25, -0.2) is 17.8 Å². The van der Waals surface area contributed by atoms with E-state index >= 15 is 0 Å². The van der Waals surface area contributed by atoms with E-state index in [-0.39, 0.29) is 29.4 Å². The van der Waals surface area contributed by atoms with Gasteiger partial charge in [0.15, 0.2) is 5.75 Å². The third-order valence-corrected chi connectivity index (χ3v) is 5.60. The summed E-state index contributed by atoms with van der Waals surface area (Å²) in [6.45, 7) is 1.56. The van der Waals surface area contributed by atoms with E-state index in [1.807, 2.05) is 0 Å². The second-order valence-electron chi connectivity index (χ2n) is 5.52. The first-order valence-corrected chi connectivity index (χ1v) is 8.88. The molecule has 1 N–H and O–H groups in total. The van der Waals surface area contributed by atoms with E-state index in [0.717, 1.165) is 4.31 Å². The zero-order chi connectivity index (χ0) is 17.4. The SMILES string of the molecule is CCOc1cccnc1S(=O)(=O)N1CC(O)(c2ccccc2F)C1. The van der Waals surface area contributed by atoms with Crippen LogP contribution in [0, 0.1) is 5.82 Å². The molecule has 0 unspecified atom stereocenters. The summed E-state index contributed by atoms with van der Waals surface area (Å²) in [5.74, 6) is -0.411. The highest BCUT2D eigenvalue weighted by atomic mass is 32.2. The molecule has 2 aromatic rings. The quantitative estimate of drug-likeness (QED) is 0.882. The molecule has 0 spiro atoms. The Morgan fingerprint density at radius 2 is 2.00 bits per heavy atom. The predicted molar refractivity (Wildman–Crippen MR) is 84.5 cm³/mol. The van der Waals surface area contributed by atoms with Gasteiger partial charge in [-0.05, 0) is 25.1 Å². The van der Waals surface area contributed by atoms with Crippen LogP contribution in [-0.4, -0.2) is 42.5 Å². The van der Waals surface area contributed by atoms with Crippen molar-refractivity contribution in [3.05, 3.63) is 54.0 Å². The Hall–Kier alpha value is -2.03. The number of aliphatic hydroxyl groups is 1. The fraction of sp³-hybridized carbons (Fsp3) is 0.312. The molecule has 1 aliphatic heterocycles. The largest absolute Gasteiger partial charge is 0.491 e. The smallest absolute Gasteiger partial charge is 0.264 e. The first-order chi connectivity index (χ1) is 11.4. The maximum atomic E-state index is 13.9. The molecule has 0 atom stereocenters. The van der Waals surface area contributed by atoms with Crippen LogP contribution in [0.15, 0.2) is 47.6 Å². The first kappa shape index (κ1) is 16.8. The molecule has 24 heavy (non-hydrogen) atoms. The number of pyridine rings is 1. The number of benzene rings is 1. The van der Waals surface area contributed by atoms with Gasteiger partial charge in [0.1, 0.15) is 11.4 Å². The average molecular weight is 352 g/mol. The number of hydrogen-bond donors (Lipinski definition) is 1. The highest BCUT2D eigenvalue weighted by Crippen LogP contribution is 2.38. The van der Waals surface area contributed by atoms with Crippen molar-refractivity contribution < 1.29 is 22.7 Å². The molecular formula is C16H17FN2O4S. The summed E-state index contributed by atoms with van der Waals surface area (Å²) in [7, 11) is -3.93. The minimum absolute atomic E-state index is 0.0857. The van der Waals surface area contributed by atoms with Crippen LogP contribution in [0.25, 0.3) is 0 Å². The molecule has 1 fully saturated rings. The zero-order valence-corrected chi connectivity index (χ0v) is 13.8. The van der Waals surface area contributed by atoms with Crippen LogP contribution in [0.5, 0.6) is 5.75 Å². The maximum Gasteiger partial charge on any atom is 0.264 e. The summed E-state index contributed by atoms with van der Waals surface area (Å²) < 4.78 is 45.6. The second kappa shape index (κ2) is 6.12. The highest BCUT2D eigenvalue weighted by Gasteiger charge is 2.50. The zero-order valence-electron chi connectivity index (χ0n) is 13.0. The molecule has 0 saturated carbocycles. The van der Waals surface area contributed by atoms with Crippen molar-refractivity contribution in [1.29, 1.82) is 0 Å². The third-order valence-electron chi connectivity index (χ3n) is 3.87. The van der Waals surface area contributed by atoms with E-state index in [1.54, 1.807) is 19.1 Å². The Morgan fingerprint density at radius 1 is 1.29 bits per heavy atom. The summed E-state index contributed by atoms with van der Waals surface area (Å²) in [4.78, 5) is 3.90. The van der Waals surface area contributed by atoms with E-state index in [4.69, 9.17) is 4.74 Å². The minimum Gasteiger partial charge on any atom is -0.491 e. The molecule has 128 valence electrons. The Labute approximate surface area is 139 Å². The summed E-state index contributed by atoms with van der Waals surface area (Å²) in [5, 5.41) is 10.3. The lowest BCUT2D eigenvalue weighted by atomic mass is 9.88. The number of ether oxygens (including phenoxy) is 1. The molecule has 1 saturated heterocycles. The Balaban J connectivity index is 1.86. The number of nitrogens with zero attached hydrogens (tertiary/aromatic N) is 2. The van der Waals surface area contributed by atoms with Crippen molar-refractivity contribution >= 4 is 10.0 Å². The summed E-state index contributed by atoms with van der Waals surface area (Å²) in [6, 6.07) is 8.89. The number of sulfonamides is 1. The van der Waals surface area contributed by atoms with Gasteiger partial charge in [0.25, 0.3) is 10.0 Å². The van der Waals surface area contributed by atoms with E-state index in [9.17, 15) is 17.9 Å². The average Bonchev–Trinajstić information content (AvgIpc) is 2.53. The van der Waals surface area contributed by atoms with Crippen molar-refractivity contribution in [3.63, 3.8) is 0 Å². The molecule has 6 nitrogen and oxygen atoms in total. The molecule has 1 aromatic heterocycles. The van der Waals surface area contributed by atoms with E-state index < -0.39 is 21.4 Å². The summed E-state index contributed by atoms with van der Waals surface area (Å²) >= 11 is 0. The molecule has 0 radical (unpaired) electrons. The Kier molecular flexibility index (Phi) is 4.29. The topological polar surface area (TPSA) is 79.7 Å². The van der Waals surface area contributed by atoms with Gasteiger partial charge in [0, 0.05) is 24.8 Å². The normalized spacial score (nSPS) is 17.3. The second-order valence-corrected chi connectivity index (χ2v) is 7.38. The molecule has 8 heteroatoms. The summed E-state index contributed by atoms with van der Waals surface area (Å²) in [6.07, 6.45) is 1.36. The van der Waals surface area contributed by atoms with Crippen LogP contribution >= 0.6 is 0 Å². The third kappa shape index (κ3) is 2.77. The van der Waals surface area contributed by atoms with Crippen LogP contribution in [0.3, 0.4) is 0 Å². The van der Waals surface area contributed by atoms with Crippen molar-refractivity contribution in [1.82, 2.24) is 9.29 Å². The predicted octanol–water partition coefficient (Wildman–Crippen LogP) is 1.51. The lowest BCUT2D eigenvalue weighted by molar-refractivity contribution is -0.0674. The molecule has 0 amide bonds. The molecule has 1 aromatic carbocycles. The Bertz CT molecular complexity index is 851. The standard InChI is InChI=1S/C16H17FN2O4S/c1-2-23-14-8-5-9-18-15(14)24(21,22)19-10-16(20,11-19)12-6-3-4-7-13(12)17/h3-9,20H,2,10-11H2,1H3. The fourth-order valence-electron chi connectivity index (χ4n) is 2.67. The van der Waals surface area contributed by atoms with Crippen LogP contribution in [-0.2, 0) is 15.6 Å². The van der Waals surface area contributed by atoms with Crippen molar-refractivity contribution in [2.75, 3.05) is 19.7 Å². The lowest BCUT2D eigenvalue weighted by Gasteiger charge is -2.45. The van der Waals surface area contributed by atoms with Crippen LogP contribution in [0.1, 0.15) is 12.5 Å². The van der Waals surface area contributed by atoms with E-state index in [1.165, 1.54) is 30.5 Å². The number of aromatic nitrogens is 1. The monoisotopic (exact) mass is 352 g/mol. The van der Waals surface area contributed by atoms with E-state index in [2.05, 4.69) is 4.98 Å². The van der Waals surface area contributed by atoms with Gasteiger partial charge < -0.3 is 9.84 Å². The molecular weight excluding hydrogens is 335 g/mol. The van der Waals surface area contributed by atoms with Crippen LogP contribution in [0.2, 0.25) is 0 Å². The van der Waals surface area contributed by atoms with Gasteiger partial charge in [-0.2, -0.15) is 4.31 Å². The molecule has 1 aliphatic rings. The number of β-amino-alcohol motifs (C(OH)–C–C–N with tert-alkyl or cyclic N) is 1. The van der Waals surface area contributed by atoms with Crippen molar-refractivity contribution in [3.8, 4) is 5.75 Å². The molecule has 3 rings (SSSR count). The van der Waals surface area contributed by atoms with Crippen molar-refractivity contribution in [2.45, 2.75) is 17.6 Å². The van der Waals surface area contributed by atoms with Crippen LogP contribution in [0.4, 0.5) is 4.39 Å². The lowest BCUT2D eigenvalue weighted by Crippen LogP contribution is -2.61. The van der Waals surface area contributed by atoms with Gasteiger partial charge in [0.05, 0.1) is 6.61 Å². The van der Waals surface area contributed by atoms with Crippen molar-refractivity contribution in [2.24, 2.45) is 0 Å². The number of rotatable bonds is 5. The van der Waals surface area contributed by atoms with Gasteiger partial charge in [0.2, 0.25) is 5.03 Å². The molecule has 0 bridgehead atoms. The van der Waals surface area contributed by atoms with Gasteiger partial charge in [-0.1, -0.05) is 18.2 Å². The van der Waals surface area contributed by atoms with Gasteiger partial charge in [-0.15, -0.1) is 0 Å². The highest BCUT2D eigenvalue weighted by molar-refractivity contribution is 7.89. The fourth-order valence-corrected chi connectivity index (χ4v) is 4.26. The minimum atomic E-state index is -3.93. The number of halogens is 1. The molecule has 0 aliphatic carbocycles. The van der Waals surface area contributed by atoms with E-state index in [0.29, 0.717) is 6.61 Å². The van der Waals surface area contributed by atoms with Gasteiger partial charge >= 0.3 is 0 Å².